The van der Waals surface area contributed by atoms with E-state index in [1.165, 1.54) is 5.69 Å². The summed E-state index contributed by atoms with van der Waals surface area (Å²) in [5, 5.41) is 0. The third-order valence-corrected chi connectivity index (χ3v) is 3.84. The highest BCUT2D eigenvalue weighted by Crippen LogP contribution is 2.35. The van der Waals surface area contributed by atoms with E-state index in [1.54, 1.807) is 7.11 Å². The van der Waals surface area contributed by atoms with Crippen LogP contribution in [-0.2, 0) is 4.74 Å². The summed E-state index contributed by atoms with van der Waals surface area (Å²) in [7, 11) is 1.70. The summed E-state index contributed by atoms with van der Waals surface area (Å²) in [6.45, 7) is 6.82. The maximum atomic E-state index is 6.15. The van der Waals surface area contributed by atoms with Crippen molar-refractivity contribution < 1.29 is 9.47 Å². The second-order valence-electron chi connectivity index (χ2n) is 5.35. The molecular formula is C16H26N2O2. The molecule has 20 heavy (non-hydrogen) atoms. The van der Waals surface area contributed by atoms with E-state index in [0.717, 1.165) is 43.9 Å². The van der Waals surface area contributed by atoms with Crippen molar-refractivity contribution in [3.05, 3.63) is 23.8 Å². The van der Waals surface area contributed by atoms with E-state index in [1.807, 2.05) is 19.1 Å². The van der Waals surface area contributed by atoms with Crippen LogP contribution in [0.15, 0.2) is 18.2 Å². The lowest BCUT2D eigenvalue weighted by atomic mass is 10.0. The van der Waals surface area contributed by atoms with Crippen molar-refractivity contribution >= 4 is 5.69 Å². The number of ether oxygens (including phenoxy) is 2. The molecular weight excluding hydrogens is 252 g/mol. The molecule has 2 N–H and O–H groups in total. The Labute approximate surface area is 121 Å². The zero-order valence-electron chi connectivity index (χ0n) is 12.8. The van der Waals surface area contributed by atoms with Gasteiger partial charge in [0.1, 0.15) is 5.75 Å². The van der Waals surface area contributed by atoms with Gasteiger partial charge in [-0.3, -0.25) is 0 Å². The molecule has 1 aliphatic rings. The van der Waals surface area contributed by atoms with Crippen molar-refractivity contribution in [3.8, 4) is 5.75 Å². The summed E-state index contributed by atoms with van der Waals surface area (Å²) >= 11 is 0. The Morgan fingerprint density at radius 1 is 1.45 bits per heavy atom. The Bertz CT molecular complexity index is 432. The van der Waals surface area contributed by atoms with Crippen molar-refractivity contribution in [2.24, 2.45) is 5.73 Å². The Balaban J connectivity index is 2.27. The molecule has 2 rings (SSSR count). The standard InChI is InChI=1S/C16H26N2O2/c1-4-20-13-7-6-10-18(11-13)14-8-5-9-15(19-3)16(14)12(2)17/h5,8-9,12-13H,4,6-7,10-11,17H2,1-3H3/t12-,13?/m0/s1. The number of benzene rings is 1. The number of nitrogens with zero attached hydrogens (tertiary/aromatic N) is 1. The van der Waals surface area contributed by atoms with E-state index >= 15 is 0 Å². The molecule has 1 saturated heterocycles. The second kappa shape index (κ2) is 6.95. The minimum atomic E-state index is -0.0476. The average Bonchev–Trinajstić information content (AvgIpc) is 2.47. The molecule has 0 aromatic heterocycles. The minimum Gasteiger partial charge on any atom is -0.496 e. The van der Waals surface area contributed by atoms with E-state index in [-0.39, 0.29) is 6.04 Å². The zero-order chi connectivity index (χ0) is 14.5. The van der Waals surface area contributed by atoms with Gasteiger partial charge < -0.3 is 20.1 Å². The fourth-order valence-electron chi connectivity index (χ4n) is 2.97. The molecule has 2 atom stereocenters. The molecule has 0 saturated carbocycles. The van der Waals surface area contributed by atoms with E-state index in [9.17, 15) is 0 Å². The average molecular weight is 278 g/mol. The van der Waals surface area contributed by atoms with E-state index in [0.29, 0.717) is 6.10 Å². The van der Waals surface area contributed by atoms with Crippen LogP contribution in [0.1, 0.15) is 38.3 Å². The second-order valence-corrected chi connectivity index (χ2v) is 5.35. The molecule has 1 fully saturated rings. The monoisotopic (exact) mass is 278 g/mol. The first-order valence-corrected chi connectivity index (χ1v) is 7.46. The fourth-order valence-corrected chi connectivity index (χ4v) is 2.97. The van der Waals surface area contributed by atoms with Crippen LogP contribution in [0.4, 0.5) is 5.69 Å². The third kappa shape index (κ3) is 3.25. The Morgan fingerprint density at radius 3 is 2.90 bits per heavy atom. The molecule has 4 nitrogen and oxygen atoms in total. The maximum absolute atomic E-state index is 6.15. The van der Waals surface area contributed by atoms with Crippen molar-refractivity contribution in [1.29, 1.82) is 0 Å². The van der Waals surface area contributed by atoms with Crippen LogP contribution in [0, 0.1) is 0 Å². The summed E-state index contributed by atoms with van der Waals surface area (Å²) < 4.78 is 11.3. The number of hydrogen-bond acceptors (Lipinski definition) is 4. The molecule has 1 aromatic rings. The lowest BCUT2D eigenvalue weighted by Crippen LogP contribution is -2.40. The molecule has 0 radical (unpaired) electrons. The molecule has 1 unspecified atom stereocenters. The van der Waals surface area contributed by atoms with Gasteiger partial charge in [0.2, 0.25) is 0 Å². The summed E-state index contributed by atoms with van der Waals surface area (Å²) in [6.07, 6.45) is 2.61. The number of piperidine rings is 1. The number of hydrogen-bond donors (Lipinski definition) is 1. The van der Waals surface area contributed by atoms with Gasteiger partial charge in [0.25, 0.3) is 0 Å². The van der Waals surface area contributed by atoms with Gasteiger partial charge in [-0.1, -0.05) is 6.07 Å². The van der Waals surface area contributed by atoms with Crippen molar-refractivity contribution in [2.45, 2.75) is 38.8 Å². The molecule has 0 aliphatic carbocycles. The van der Waals surface area contributed by atoms with E-state index in [2.05, 4.69) is 17.9 Å². The first kappa shape index (κ1) is 15.1. The lowest BCUT2D eigenvalue weighted by molar-refractivity contribution is 0.0526. The van der Waals surface area contributed by atoms with Crippen molar-refractivity contribution in [2.75, 3.05) is 31.7 Å². The third-order valence-electron chi connectivity index (χ3n) is 3.84. The molecule has 4 heteroatoms. The summed E-state index contributed by atoms with van der Waals surface area (Å²) in [4.78, 5) is 2.38. The molecule has 1 aromatic carbocycles. The van der Waals surface area contributed by atoms with Gasteiger partial charge in [0.15, 0.2) is 0 Å². The minimum absolute atomic E-state index is 0.0476. The molecule has 112 valence electrons. The number of anilines is 1. The highest BCUT2D eigenvalue weighted by Gasteiger charge is 2.24. The van der Waals surface area contributed by atoms with Crippen LogP contribution in [0.3, 0.4) is 0 Å². The van der Waals surface area contributed by atoms with Crippen LogP contribution >= 0.6 is 0 Å². The molecule has 1 aliphatic heterocycles. The number of rotatable bonds is 5. The quantitative estimate of drug-likeness (QED) is 0.899. The predicted molar refractivity (Wildman–Crippen MR) is 82.5 cm³/mol. The Morgan fingerprint density at radius 2 is 2.25 bits per heavy atom. The van der Waals surface area contributed by atoms with Gasteiger partial charge in [-0.05, 0) is 38.8 Å². The van der Waals surface area contributed by atoms with Gasteiger partial charge in [-0.15, -0.1) is 0 Å². The molecule has 0 amide bonds. The van der Waals surface area contributed by atoms with Gasteiger partial charge in [-0.25, -0.2) is 0 Å². The topological polar surface area (TPSA) is 47.7 Å². The van der Waals surface area contributed by atoms with Gasteiger partial charge in [0.05, 0.1) is 13.2 Å². The SMILES string of the molecule is CCOC1CCCN(c2cccc(OC)c2[C@H](C)N)C1. The van der Waals surface area contributed by atoms with Crippen LogP contribution < -0.4 is 15.4 Å². The molecule has 0 bridgehead atoms. The van der Waals surface area contributed by atoms with Crippen LogP contribution in [-0.4, -0.2) is 32.9 Å². The first-order chi connectivity index (χ1) is 9.67. The summed E-state index contributed by atoms with van der Waals surface area (Å²) in [5.41, 5.74) is 8.43. The first-order valence-electron chi connectivity index (χ1n) is 7.46. The highest BCUT2D eigenvalue weighted by molar-refractivity contribution is 5.61. The Hall–Kier alpha value is -1.26. The normalized spacial score (nSPS) is 20.8. The number of nitrogens with two attached hydrogens (primary N) is 1. The molecule has 0 spiro atoms. The largest absolute Gasteiger partial charge is 0.496 e. The van der Waals surface area contributed by atoms with E-state index in [4.69, 9.17) is 15.2 Å². The van der Waals surface area contributed by atoms with Crippen LogP contribution in [0.5, 0.6) is 5.75 Å². The number of methoxy groups -OCH3 is 1. The predicted octanol–water partition coefficient (Wildman–Crippen LogP) is 2.72. The smallest absolute Gasteiger partial charge is 0.125 e. The van der Waals surface area contributed by atoms with Crippen LogP contribution in [0.2, 0.25) is 0 Å². The van der Waals surface area contributed by atoms with Crippen molar-refractivity contribution in [1.82, 2.24) is 0 Å². The summed E-state index contributed by atoms with van der Waals surface area (Å²) in [6, 6.07) is 6.10. The van der Waals surface area contributed by atoms with Crippen LogP contribution in [0.25, 0.3) is 0 Å². The highest BCUT2D eigenvalue weighted by atomic mass is 16.5. The molecule has 1 heterocycles. The van der Waals surface area contributed by atoms with Gasteiger partial charge in [0, 0.05) is 37.0 Å². The maximum Gasteiger partial charge on any atom is 0.125 e. The van der Waals surface area contributed by atoms with Gasteiger partial charge >= 0.3 is 0 Å². The van der Waals surface area contributed by atoms with Crippen molar-refractivity contribution in [3.63, 3.8) is 0 Å². The zero-order valence-corrected chi connectivity index (χ0v) is 12.8. The lowest BCUT2D eigenvalue weighted by Gasteiger charge is -2.36. The summed E-state index contributed by atoms with van der Waals surface area (Å²) in [5.74, 6) is 0.871. The van der Waals surface area contributed by atoms with E-state index < -0.39 is 0 Å². The Kier molecular flexibility index (Phi) is 5.26. The fraction of sp³-hybridized carbons (Fsp3) is 0.625. The van der Waals surface area contributed by atoms with Gasteiger partial charge in [-0.2, -0.15) is 0 Å².